The monoisotopic (exact) mass is 219 g/mol. The second-order valence-electron chi connectivity index (χ2n) is 3.74. The summed E-state index contributed by atoms with van der Waals surface area (Å²) in [5, 5.41) is 0. The zero-order valence-corrected chi connectivity index (χ0v) is 10.2. The maximum Gasteiger partial charge on any atom is 0.191 e. The van der Waals surface area contributed by atoms with E-state index < -0.39 is 0 Å². The van der Waals surface area contributed by atoms with Crippen molar-refractivity contribution in [1.29, 1.82) is 0 Å². The third-order valence-electron chi connectivity index (χ3n) is 2.35. The van der Waals surface area contributed by atoms with Crippen molar-refractivity contribution in [3.05, 3.63) is 35.9 Å². The van der Waals surface area contributed by atoms with Gasteiger partial charge in [0.1, 0.15) is 0 Å². The van der Waals surface area contributed by atoms with E-state index >= 15 is 0 Å². The number of nitrogens with zero attached hydrogens (tertiary/aromatic N) is 2. The van der Waals surface area contributed by atoms with Crippen molar-refractivity contribution < 1.29 is 0 Å². The summed E-state index contributed by atoms with van der Waals surface area (Å²) < 4.78 is 0. The Labute approximate surface area is 98.0 Å². The normalized spacial score (nSPS) is 11.5. The molecule has 0 bridgehead atoms. The van der Waals surface area contributed by atoms with Crippen molar-refractivity contribution >= 4 is 5.96 Å². The smallest absolute Gasteiger partial charge is 0.191 e. The van der Waals surface area contributed by atoms with Crippen molar-refractivity contribution in [2.24, 2.45) is 10.7 Å². The van der Waals surface area contributed by atoms with Crippen molar-refractivity contribution in [3.63, 3.8) is 0 Å². The molecule has 1 aromatic rings. The van der Waals surface area contributed by atoms with Gasteiger partial charge in [-0.3, -0.25) is 4.99 Å². The van der Waals surface area contributed by atoms with Gasteiger partial charge < -0.3 is 10.6 Å². The van der Waals surface area contributed by atoms with Crippen LogP contribution in [0.1, 0.15) is 25.8 Å². The van der Waals surface area contributed by atoms with Crippen LogP contribution in [-0.4, -0.2) is 23.9 Å². The molecule has 0 saturated heterocycles. The van der Waals surface area contributed by atoms with Gasteiger partial charge in [0, 0.05) is 19.6 Å². The van der Waals surface area contributed by atoms with Crippen LogP contribution in [0.25, 0.3) is 0 Å². The van der Waals surface area contributed by atoms with Gasteiger partial charge in [-0.05, 0) is 18.9 Å². The highest BCUT2D eigenvalue weighted by Gasteiger charge is 2.06. The molecule has 2 N–H and O–H groups in total. The van der Waals surface area contributed by atoms with Gasteiger partial charge in [-0.2, -0.15) is 0 Å². The number of hydrogen-bond donors (Lipinski definition) is 1. The second-order valence-corrected chi connectivity index (χ2v) is 3.74. The molecule has 3 heteroatoms. The van der Waals surface area contributed by atoms with E-state index in [1.165, 1.54) is 5.56 Å². The van der Waals surface area contributed by atoms with E-state index in [4.69, 9.17) is 5.73 Å². The molecule has 0 spiro atoms. The number of rotatable bonds is 5. The van der Waals surface area contributed by atoms with Crippen LogP contribution in [0.15, 0.2) is 35.3 Å². The number of aliphatic imine (C=N–C) groups is 1. The van der Waals surface area contributed by atoms with E-state index in [0.29, 0.717) is 5.96 Å². The molecule has 0 radical (unpaired) electrons. The molecule has 0 aliphatic heterocycles. The Bertz CT molecular complexity index is 319. The molecule has 0 aliphatic rings. The number of hydrogen-bond acceptors (Lipinski definition) is 1. The fourth-order valence-electron chi connectivity index (χ4n) is 1.61. The minimum absolute atomic E-state index is 0.646. The fourth-order valence-corrected chi connectivity index (χ4v) is 1.61. The largest absolute Gasteiger partial charge is 0.370 e. The Balaban J connectivity index is 2.68. The average molecular weight is 219 g/mol. The Kier molecular flexibility index (Phi) is 5.40. The molecule has 0 saturated carbocycles. The van der Waals surface area contributed by atoms with E-state index in [1.54, 1.807) is 0 Å². The van der Waals surface area contributed by atoms with Crippen LogP contribution in [0.5, 0.6) is 0 Å². The lowest BCUT2D eigenvalue weighted by molar-refractivity contribution is 0.406. The number of guanidine groups is 1. The molecule has 1 aromatic carbocycles. The van der Waals surface area contributed by atoms with Crippen LogP contribution >= 0.6 is 0 Å². The van der Waals surface area contributed by atoms with Gasteiger partial charge in [-0.15, -0.1) is 0 Å². The molecule has 16 heavy (non-hydrogen) atoms. The molecule has 3 nitrogen and oxygen atoms in total. The highest BCUT2D eigenvalue weighted by atomic mass is 15.2. The van der Waals surface area contributed by atoms with Gasteiger partial charge in [0.25, 0.3) is 0 Å². The number of nitrogens with two attached hydrogens (primary N) is 1. The van der Waals surface area contributed by atoms with Crippen LogP contribution in [0.4, 0.5) is 0 Å². The van der Waals surface area contributed by atoms with Crippen LogP contribution in [0, 0.1) is 0 Å². The highest BCUT2D eigenvalue weighted by molar-refractivity contribution is 5.78. The minimum atomic E-state index is 0.646. The fraction of sp³-hybridized carbons (Fsp3) is 0.462. The summed E-state index contributed by atoms with van der Waals surface area (Å²) in [6, 6.07) is 10.3. The molecule has 0 aliphatic carbocycles. The van der Waals surface area contributed by atoms with E-state index in [9.17, 15) is 0 Å². The summed E-state index contributed by atoms with van der Waals surface area (Å²) in [6.45, 7) is 6.67. The summed E-state index contributed by atoms with van der Waals surface area (Å²) in [7, 11) is 0. The number of benzene rings is 1. The first-order valence-electron chi connectivity index (χ1n) is 5.86. The van der Waals surface area contributed by atoms with Crippen LogP contribution in [-0.2, 0) is 6.54 Å². The average Bonchev–Trinajstić information content (AvgIpc) is 2.30. The summed E-state index contributed by atoms with van der Waals surface area (Å²) >= 11 is 0. The van der Waals surface area contributed by atoms with Crippen molar-refractivity contribution in [1.82, 2.24) is 4.90 Å². The second kappa shape index (κ2) is 6.88. The molecule has 88 valence electrons. The van der Waals surface area contributed by atoms with Gasteiger partial charge in [-0.25, -0.2) is 0 Å². The third-order valence-corrected chi connectivity index (χ3v) is 2.35. The van der Waals surface area contributed by atoms with Crippen molar-refractivity contribution in [2.75, 3.05) is 13.1 Å². The van der Waals surface area contributed by atoms with E-state index in [1.807, 2.05) is 25.1 Å². The first kappa shape index (κ1) is 12.6. The maximum absolute atomic E-state index is 5.94. The molecule has 0 heterocycles. The zero-order valence-electron chi connectivity index (χ0n) is 10.2. The molecule has 0 atom stereocenters. The van der Waals surface area contributed by atoms with Crippen LogP contribution in [0.3, 0.4) is 0 Å². The molecular weight excluding hydrogens is 198 g/mol. The van der Waals surface area contributed by atoms with Gasteiger partial charge in [-0.1, -0.05) is 37.3 Å². The van der Waals surface area contributed by atoms with Gasteiger partial charge in [0.15, 0.2) is 5.96 Å². The predicted octanol–water partition coefficient (Wildman–Crippen LogP) is 2.23. The molecule has 0 unspecified atom stereocenters. The van der Waals surface area contributed by atoms with E-state index in [2.05, 4.69) is 28.9 Å². The Morgan fingerprint density at radius 1 is 1.25 bits per heavy atom. The summed E-state index contributed by atoms with van der Waals surface area (Å²) in [5.74, 6) is 0.646. The summed E-state index contributed by atoms with van der Waals surface area (Å²) in [4.78, 5) is 6.38. The lowest BCUT2D eigenvalue weighted by Crippen LogP contribution is -2.37. The molecule has 0 fully saturated rings. The maximum atomic E-state index is 5.94. The van der Waals surface area contributed by atoms with E-state index in [0.717, 1.165) is 26.1 Å². The quantitative estimate of drug-likeness (QED) is 0.609. The molecular formula is C13H21N3. The predicted molar refractivity (Wildman–Crippen MR) is 69.3 cm³/mol. The molecule has 0 amide bonds. The highest BCUT2D eigenvalue weighted by Crippen LogP contribution is 2.04. The summed E-state index contributed by atoms with van der Waals surface area (Å²) in [6.07, 6.45) is 1.08. The van der Waals surface area contributed by atoms with Crippen LogP contribution in [0.2, 0.25) is 0 Å². The van der Waals surface area contributed by atoms with Crippen LogP contribution < -0.4 is 5.73 Å². The Morgan fingerprint density at radius 3 is 2.50 bits per heavy atom. The minimum Gasteiger partial charge on any atom is -0.370 e. The third kappa shape index (κ3) is 3.93. The van der Waals surface area contributed by atoms with E-state index in [-0.39, 0.29) is 0 Å². The van der Waals surface area contributed by atoms with Crippen molar-refractivity contribution in [2.45, 2.75) is 26.8 Å². The zero-order chi connectivity index (χ0) is 11.8. The van der Waals surface area contributed by atoms with Gasteiger partial charge in [0.2, 0.25) is 0 Å². The molecule has 0 aromatic heterocycles. The lowest BCUT2D eigenvalue weighted by Gasteiger charge is -2.23. The Hall–Kier alpha value is -1.51. The topological polar surface area (TPSA) is 41.6 Å². The molecule has 1 rings (SSSR count). The van der Waals surface area contributed by atoms with Gasteiger partial charge >= 0.3 is 0 Å². The lowest BCUT2D eigenvalue weighted by atomic mass is 10.2. The SMILES string of the molecule is CCCN(Cc1ccccc1)C(N)=NCC. The van der Waals surface area contributed by atoms with Crippen molar-refractivity contribution in [3.8, 4) is 0 Å². The first-order chi connectivity index (χ1) is 7.77. The summed E-state index contributed by atoms with van der Waals surface area (Å²) in [5.41, 5.74) is 7.21. The Morgan fingerprint density at radius 2 is 1.94 bits per heavy atom. The standard InChI is InChI=1S/C13H21N3/c1-3-10-16(13(14)15-4-2)11-12-8-6-5-7-9-12/h5-9H,3-4,10-11H2,1-2H3,(H2,14,15). The van der Waals surface area contributed by atoms with Gasteiger partial charge in [0.05, 0.1) is 0 Å². The first-order valence-corrected chi connectivity index (χ1v) is 5.86.